The second kappa shape index (κ2) is 8.15. The fourth-order valence-electron chi connectivity index (χ4n) is 2.30. The molecule has 0 aliphatic heterocycles. The molecule has 1 heterocycles. The van der Waals surface area contributed by atoms with Crippen molar-refractivity contribution in [3.05, 3.63) is 65.0 Å². The Morgan fingerprint density at radius 3 is 2.52 bits per heavy atom. The molecule has 0 amide bonds. The Kier molecular flexibility index (Phi) is 5.95. The largest absolute Gasteiger partial charge is 0.507 e. The molecular weight excluding hydrogens is 318 g/mol. The van der Waals surface area contributed by atoms with Gasteiger partial charge in [-0.15, -0.1) is 0 Å². The zero-order valence-corrected chi connectivity index (χ0v) is 14.5. The van der Waals surface area contributed by atoms with Gasteiger partial charge in [-0.05, 0) is 44.6 Å². The number of ketones is 1. The molecule has 1 aromatic heterocycles. The molecule has 5 heteroatoms. The molecule has 2 N–H and O–H groups in total. The number of nitrogens with zero attached hydrogens (tertiary/aromatic N) is 1. The Bertz CT molecular complexity index is 819. The Morgan fingerprint density at radius 1 is 1.24 bits per heavy atom. The number of phenolic OH excluding ortho intramolecular Hbond substituents is 2. The van der Waals surface area contributed by atoms with Crippen molar-refractivity contribution in [3.63, 3.8) is 0 Å². The van der Waals surface area contributed by atoms with E-state index in [0.29, 0.717) is 23.1 Å². The number of hydrogen-bond donors (Lipinski definition) is 2. The van der Waals surface area contributed by atoms with E-state index >= 15 is 0 Å². The summed E-state index contributed by atoms with van der Waals surface area (Å²) in [5, 5.41) is 20.7. The third-order valence-electron chi connectivity index (χ3n) is 3.68. The van der Waals surface area contributed by atoms with Crippen LogP contribution in [0.2, 0.25) is 0 Å². The van der Waals surface area contributed by atoms with E-state index in [1.54, 1.807) is 12.1 Å². The van der Waals surface area contributed by atoms with Crippen LogP contribution in [-0.4, -0.2) is 28.1 Å². The summed E-state index contributed by atoms with van der Waals surface area (Å²) >= 11 is 0. The lowest BCUT2D eigenvalue weighted by atomic mass is 10.0. The number of ether oxygens (including phenoxy) is 1. The maximum absolute atomic E-state index is 12.2. The molecule has 0 aliphatic carbocycles. The van der Waals surface area contributed by atoms with Crippen molar-refractivity contribution in [2.75, 3.05) is 7.11 Å². The van der Waals surface area contributed by atoms with Crippen LogP contribution in [0.15, 0.2) is 48.3 Å². The number of benzene rings is 1. The molecular formula is C20H21NO4. The highest BCUT2D eigenvalue weighted by molar-refractivity contribution is 6.07. The number of carbonyl (C=O) groups is 1. The molecule has 1 aromatic carbocycles. The van der Waals surface area contributed by atoms with Gasteiger partial charge >= 0.3 is 0 Å². The molecule has 25 heavy (non-hydrogen) atoms. The highest BCUT2D eigenvalue weighted by atomic mass is 16.5. The maximum atomic E-state index is 12.2. The lowest BCUT2D eigenvalue weighted by molar-refractivity contribution is 0.104. The van der Waals surface area contributed by atoms with Crippen LogP contribution in [0.4, 0.5) is 0 Å². The number of aromatic nitrogens is 1. The molecule has 0 aliphatic rings. The van der Waals surface area contributed by atoms with Crippen LogP contribution < -0.4 is 4.74 Å². The summed E-state index contributed by atoms with van der Waals surface area (Å²) in [6.07, 6.45) is 8.20. The van der Waals surface area contributed by atoms with Crippen molar-refractivity contribution in [2.24, 2.45) is 0 Å². The van der Waals surface area contributed by atoms with Gasteiger partial charge in [-0.1, -0.05) is 11.6 Å². The van der Waals surface area contributed by atoms with E-state index in [9.17, 15) is 15.0 Å². The van der Waals surface area contributed by atoms with Gasteiger partial charge in [0.1, 0.15) is 17.2 Å². The monoisotopic (exact) mass is 339 g/mol. The minimum atomic E-state index is -0.220. The fraction of sp³-hybridized carbons (Fsp3) is 0.200. The van der Waals surface area contributed by atoms with Crippen molar-refractivity contribution in [1.29, 1.82) is 0 Å². The summed E-state index contributed by atoms with van der Waals surface area (Å²) in [6.45, 7) is 3.87. The number of allylic oxidation sites excluding steroid dienone is 3. The first kappa shape index (κ1) is 18.3. The van der Waals surface area contributed by atoms with Crippen LogP contribution in [0.25, 0.3) is 6.08 Å². The van der Waals surface area contributed by atoms with Gasteiger partial charge in [0.05, 0.1) is 12.7 Å². The zero-order chi connectivity index (χ0) is 18.4. The molecule has 0 unspecified atom stereocenters. The Morgan fingerprint density at radius 2 is 1.92 bits per heavy atom. The normalized spacial score (nSPS) is 10.7. The number of pyridine rings is 1. The molecule has 0 spiro atoms. The van der Waals surface area contributed by atoms with Gasteiger partial charge in [-0.25, -0.2) is 0 Å². The smallest absolute Gasteiger partial charge is 0.185 e. The summed E-state index contributed by atoms with van der Waals surface area (Å²) in [5.74, 6) is -0.0879. The molecule has 5 nitrogen and oxygen atoms in total. The molecule has 0 fully saturated rings. The van der Waals surface area contributed by atoms with E-state index in [-0.39, 0.29) is 23.0 Å². The van der Waals surface area contributed by atoms with Crippen molar-refractivity contribution in [2.45, 2.75) is 20.3 Å². The van der Waals surface area contributed by atoms with Crippen molar-refractivity contribution in [1.82, 2.24) is 4.98 Å². The third kappa shape index (κ3) is 4.47. The summed E-state index contributed by atoms with van der Waals surface area (Å²) < 4.78 is 5.22. The summed E-state index contributed by atoms with van der Waals surface area (Å²) in [4.78, 5) is 16.1. The third-order valence-corrected chi connectivity index (χ3v) is 3.68. The van der Waals surface area contributed by atoms with E-state index < -0.39 is 0 Å². The van der Waals surface area contributed by atoms with Crippen molar-refractivity contribution < 1.29 is 19.7 Å². The number of aromatic hydroxyl groups is 2. The quantitative estimate of drug-likeness (QED) is 0.474. The molecule has 0 saturated carbocycles. The summed E-state index contributed by atoms with van der Waals surface area (Å²) in [5.41, 5.74) is 2.30. The highest BCUT2D eigenvalue weighted by Crippen LogP contribution is 2.39. The van der Waals surface area contributed by atoms with Crippen molar-refractivity contribution >= 4 is 11.9 Å². The minimum absolute atomic E-state index is 0.0514. The topological polar surface area (TPSA) is 79.6 Å². The predicted octanol–water partition coefficient (Wildman–Crippen LogP) is 3.91. The van der Waals surface area contributed by atoms with E-state index in [1.807, 2.05) is 19.9 Å². The lowest BCUT2D eigenvalue weighted by Gasteiger charge is -2.13. The first-order chi connectivity index (χ1) is 11.9. The van der Waals surface area contributed by atoms with Gasteiger partial charge in [-0.3, -0.25) is 9.78 Å². The molecule has 0 atom stereocenters. The summed E-state index contributed by atoms with van der Waals surface area (Å²) in [7, 11) is 1.44. The average Bonchev–Trinajstić information content (AvgIpc) is 2.60. The number of carbonyl (C=O) groups excluding carboxylic acids is 1. The maximum Gasteiger partial charge on any atom is 0.185 e. The number of methoxy groups -OCH3 is 1. The van der Waals surface area contributed by atoms with Crippen LogP contribution in [0, 0.1) is 0 Å². The Hall–Kier alpha value is -3.08. The zero-order valence-electron chi connectivity index (χ0n) is 14.5. The van der Waals surface area contributed by atoms with E-state index in [4.69, 9.17) is 4.74 Å². The van der Waals surface area contributed by atoms with Crippen LogP contribution in [0.1, 0.15) is 35.3 Å². The fourth-order valence-corrected chi connectivity index (χ4v) is 2.30. The Balaban J connectivity index is 2.41. The lowest BCUT2D eigenvalue weighted by Crippen LogP contribution is -1.96. The number of hydrogen-bond acceptors (Lipinski definition) is 5. The molecule has 2 aromatic rings. The van der Waals surface area contributed by atoms with E-state index in [2.05, 4.69) is 4.98 Å². The highest BCUT2D eigenvalue weighted by Gasteiger charge is 2.16. The van der Waals surface area contributed by atoms with Crippen LogP contribution in [-0.2, 0) is 6.42 Å². The van der Waals surface area contributed by atoms with Gasteiger partial charge in [0.15, 0.2) is 5.78 Å². The minimum Gasteiger partial charge on any atom is -0.507 e. The second-order valence-electron chi connectivity index (χ2n) is 5.76. The molecule has 0 bridgehead atoms. The van der Waals surface area contributed by atoms with Gasteiger partial charge in [0, 0.05) is 29.6 Å². The molecule has 2 rings (SSSR count). The average molecular weight is 339 g/mol. The standard InChI is InChI=1S/C20H21NO4/c1-13(2)4-5-15-18(23)12-19(25-3)16(20(15)24)6-7-17(22)14-8-10-21-11-9-14/h4,6-12,23-24H,5H2,1-3H3/b7-6+. The molecule has 0 radical (unpaired) electrons. The van der Waals surface area contributed by atoms with Crippen LogP contribution in [0.3, 0.4) is 0 Å². The van der Waals surface area contributed by atoms with Gasteiger partial charge in [0.2, 0.25) is 0 Å². The molecule has 130 valence electrons. The van der Waals surface area contributed by atoms with Gasteiger partial charge < -0.3 is 14.9 Å². The number of rotatable bonds is 6. The summed E-state index contributed by atoms with van der Waals surface area (Å²) in [6, 6.07) is 4.66. The van der Waals surface area contributed by atoms with Crippen molar-refractivity contribution in [3.8, 4) is 17.2 Å². The second-order valence-corrected chi connectivity index (χ2v) is 5.76. The SMILES string of the molecule is COc1cc(O)c(CC=C(C)C)c(O)c1/C=C/C(=O)c1ccncc1. The van der Waals surface area contributed by atoms with Crippen LogP contribution >= 0.6 is 0 Å². The number of phenols is 2. The van der Waals surface area contributed by atoms with Crippen LogP contribution in [0.5, 0.6) is 17.2 Å². The van der Waals surface area contributed by atoms with Gasteiger partial charge in [-0.2, -0.15) is 0 Å². The molecule has 0 saturated heterocycles. The Labute approximate surface area is 146 Å². The predicted molar refractivity (Wildman–Crippen MR) is 97.1 cm³/mol. The first-order valence-electron chi connectivity index (χ1n) is 7.81. The first-order valence-corrected chi connectivity index (χ1v) is 7.81. The van der Waals surface area contributed by atoms with Gasteiger partial charge in [0.25, 0.3) is 0 Å². The van der Waals surface area contributed by atoms with E-state index in [1.165, 1.54) is 37.7 Å². The van der Waals surface area contributed by atoms with E-state index in [0.717, 1.165) is 5.57 Å².